The van der Waals surface area contributed by atoms with E-state index in [0.29, 0.717) is 11.4 Å². The van der Waals surface area contributed by atoms with Crippen molar-refractivity contribution in [2.24, 2.45) is 0 Å². The molecule has 0 aliphatic heterocycles. The number of benzene rings is 1. The van der Waals surface area contributed by atoms with E-state index in [4.69, 9.17) is 9.84 Å². The molecule has 0 fully saturated rings. The molecule has 0 unspecified atom stereocenters. The number of carbonyl (C=O) groups is 1. The van der Waals surface area contributed by atoms with E-state index in [0.717, 1.165) is 0 Å². The first-order valence-electron chi connectivity index (χ1n) is 6.11. The lowest BCUT2D eigenvalue weighted by molar-refractivity contribution is -0.384. The summed E-state index contributed by atoms with van der Waals surface area (Å²) in [7, 11) is 0. The molecule has 0 aliphatic carbocycles. The third-order valence-corrected chi connectivity index (χ3v) is 2.55. The summed E-state index contributed by atoms with van der Waals surface area (Å²) >= 11 is 0. The van der Waals surface area contributed by atoms with Crippen LogP contribution in [0.3, 0.4) is 0 Å². The van der Waals surface area contributed by atoms with Gasteiger partial charge >= 0.3 is 5.97 Å². The summed E-state index contributed by atoms with van der Waals surface area (Å²) in [5.41, 5.74) is 0.190. The van der Waals surface area contributed by atoms with E-state index in [9.17, 15) is 14.9 Å². The molecule has 0 radical (unpaired) electrons. The highest BCUT2D eigenvalue weighted by molar-refractivity contribution is 5.87. The lowest BCUT2D eigenvalue weighted by atomic mass is 10.2. The minimum Gasteiger partial charge on any atom is -0.491 e. The molecule has 0 spiro atoms. The van der Waals surface area contributed by atoms with Gasteiger partial charge in [-0.05, 0) is 13.8 Å². The molecule has 2 rings (SSSR count). The van der Waals surface area contributed by atoms with Crippen molar-refractivity contribution in [3.63, 3.8) is 0 Å². The fraction of sp³-hybridized carbons (Fsp3) is 0.231. The molecule has 110 valence electrons. The Morgan fingerprint density at radius 1 is 1.43 bits per heavy atom. The second-order valence-corrected chi connectivity index (χ2v) is 4.59. The standard InChI is InChI=1S/C13H13N3O5/c1-8(2)21-12-4-10(3-11(5-12)16(19)20)15-7-9(6-14-15)13(17)18/h3-8H,1-2H3,(H,17,18). The summed E-state index contributed by atoms with van der Waals surface area (Å²) in [5.74, 6) is -0.799. The first-order valence-corrected chi connectivity index (χ1v) is 6.11. The van der Waals surface area contributed by atoms with Crippen molar-refractivity contribution in [3.8, 4) is 11.4 Å². The SMILES string of the molecule is CC(C)Oc1cc(-n2cc(C(=O)O)cn2)cc([N+](=O)[O-])c1. The van der Waals surface area contributed by atoms with Gasteiger partial charge in [0.25, 0.3) is 5.69 Å². The average Bonchev–Trinajstić information content (AvgIpc) is 2.87. The van der Waals surface area contributed by atoms with E-state index >= 15 is 0 Å². The van der Waals surface area contributed by atoms with Crippen molar-refractivity contribution in [2.75, 3.05) is 0 Å². The molecule has 0 atom stereocenters. The summed E-state index contributed by atoms with van der Waals surface area (Å²) in [6.45, 7) is 3.60. The van der Waals surface area contributed by atoms with E-state index in [2.05, 4.69) is 5.10 Å². The van der Waals surface area contributed by atoms with E-state index < -0.39 is 10.9 Å². The molecule has 0 bridgehead atoms. The number of nitro groups is 1. The first-order chi connectivity index (χ1) is 9.86. The molecule has 0 aliphatic rings. The number of aromatic carboxylic acids is 1. The van der Waals surface area contributed by atoms with Crippen LogP contribution in [0.2, 0.25) is 0 Å². The van der Waals surface area contributed by atoms with Gasteiger partial charge in [0.15, 0.2) is 0 Å². The monoisotopic (exact) mass is 291 g/mol. The number of rotatable bonds is 5. The number of nitrogens with zero attached hydrogens (tertiary/aromatic N) is 3. The van der Waals surface area contributed by atoms with Crippen LogP contribution in [0.5, 0.6) is 5.75 Å². The van der Waals surface area contributed by atoms with Crippen molar-refractivity contribution >= 4 is 11.7 Å². The van der Waals surface area contributed by atoms with Gasteiger partial charge < -0.3 is 9.84 Å². The predicted octanol–water partition coefficient (Wildman–Crippen LogP) is 2.27. The molecular weight excluding hydrogens is 278 g/mol. The van der Waals surface area contributed by atoms with Crippen molar-refractivity contribution in [1.29, 1.82) is 0 Å². The molecule has 8 heteroatoms. The maximum absolute atomic E-state index is 11.0. The second-order valence-electron chi connectivity index (χ2n) is 4.59. The van der Waals surface area contributed by atoms with Gasteiger partial charge in [0.1, 0.15) is 5.75 Å². The lowest BCUT2D eigenvalue weighted by Gasteiger charge is -2.11. The van der Waals surface area contributed by atoms with Gasteiger partial charge in [-0.3, -0.25) is 10.1 Å². The highest BCUT2D eigenvalue weighted by Crippen LogP contribution is 2.25. The van der Waals surface area contributed by atoms with Crippen LogP contribution in [0.25, 0.3) is 5.69 Å². The summed E-state index contributed by atoms with van der Waals surface area (Å²) in [6.07, 6.45) is 2.30. The Balaban J connectivity index is 2.47. The zero-order valence-electron chi connectivity index (χ0n) is 11.4. The number of carboxylic acids is 1. The number of non-ortho nitro benzene ring substituents is 1. The largest absolute Gasteiger partial charge is 0.491 e. The van der Waals surface area contributed by atoms with Crippen LogP contribution >= 0.6 is 0 Å². The highest BCUT2D eigenvalue weighted by atomic mass is 16.6. The molecule has 1 aromatic carbocycles. The van der Waals surface area contributed by atoms with Crippen LogP contribution in [0.4, 0.5) is 5.69 Å². The number of ether oxygens (including phenoxy) is 1. The number of hydrogen-bond acceptors (Lipinski definition) is 5. The average molecular weight is 291 g/mol. The van der Waals surface area contributed by atoms with Crippen LogP contribution < -0.4 is 4.74 Å². The van der Waals surface area contributed by atoms with Gasteiger partial charge in [0.2, 0.25) is 0 Å². The highest BCUT2D eigenvalue weighted by Gasteiger charge is 2.14. The van der Waals surface area contributed by atoms with Crippen LogP contribution in [0.1, 0.15) is 24.2 Å². The van der Waals surface area contributed by atoms with Crippen molar-refractivity contribution < 1.29 is 19.6 Å². The normalized spacial score (nSPS) is 10.6. The summed E-state index contributed by atoms with van der Waals surface area (Å²) in [4.78, 5) is 21.3. The molecule has 21 heavy (non-hydrogen) atoms. The smallest absolute Gasteiger partial charge is 0.338 e. The zero-order valence-corrected chi connectivity index (χ0v) is 11.4. The van der Waals surface area contributed by atoms with Crippen LogP contribution in [-0.4, -0.2) is 31.9 Å². The summed E-state index contributed by atoms with van der Waals surface area (Å²) in [6, 6.07) is 4.17. The maximum atomic E-state index is 11.0. The van der Waals surface area contributed by atoms with Gasteiger partial charge in [-0.25, -0.2) is 9.48 Å². The van der Waals surface area contributed by atoms with Crippen LogP contribution in [0.15, 0.2) is 30.6 Å². The lowest BCUT2D eigenvalue weighted by Crippen LogP contribution is -2.07. The molecule has 0 saturated heterocycles. The van der Waals surface area contributed by atoms with E-state index in [-0.39, 0.29) is 17.4 Å². The zero-order chi connectivity index (χ0) is 15.6. The first kappa shape index (κ1) is 14.5. The fourth-order valence-electron chi connectivity index (χ4n) is 1.72. The van der Waals surface area contributed by atoms with Gasteiger partial charge in [-0.15, -0.1) is 0 Å². The quantitative estimate of drug-likeness (QED) is 0.668. The minimum absolute atomic E-state index is 0.00664. The topological polar surface area (TPSA) is 107 Å². The van der Waals surface area contributed by atoms with Crippen molar-refractivity contribution in [2.45, 2.75) is 20.0 Å². The summed E-state index contributed by atoms with van der Waals surface area (Å²) < 4.78 is 6.71. The molecule has 2 aromatic rings. The van der Waals surface area contributed by atoms with Gasteiger partial charge in [0.05, 0.1) is 34.5 Å². The van der Waals surface area contributed by atoms with Gasteiger partial charge in [0, 0.05) is 18.3 Å². The number of nitro benzene ring substituents is 1. The molecule has 0 amide bonds. The van der Waals surface area contributed by atoms with E-state index in [1.54, 1.807) is 19.9 Å². The van der Waals surface area contributed by atoms with E-state index in [1.165, 1.54) is 29.2 Å². The molecule has 1 N–H and O–H groups in total. The Kier molecular flexibility index (Phi) is 3.88. The number of aromatic nitrogens is 2. The maximum Gasteiger partial charge on any atom is 0.338 e. The predicted molar refractivity (Wildman–Crippen MR) is 72.9 cm³/mol. The van der Waals surface area contributed by atoms with Gasteiger partial charge in [-0.1, -0.05) is 0 Å². The molecule has 0 saturated carbocycles. The minimum atomic E-state index is -1.12. The number of hydrogen-bond donors (Lipinski definition) is 1. The Morgan fingerprint density at radius 2 is 2.14 bits per heavy atom. The molecule has 1 heterocycles. The van der Waals surface area contributed by atoms with Crippen molar-refractivity contribution in [1.82, 2.24) is 9.78 Å². The second kappa shape index (κ2) is 5.61. The Bertz CT molecular complexity index is 693. The third-order valence-electron chi connectivity index (χ3n) is 2.55. The Hall–Kier alpha value is -2.90. The molecule has 1 aromatic heterocycles. The van der Waals surface area contributed by atoms with Crippen LogP contribution in [-0.2, 0) is 0 Å². The Morgan fingerprint density at radius 3 is 2.67 bits per heavy atom. The van der Waals surface area contributed by atoms with Crippen LogP contribution in [0, 0.1) is 10.1 Å². The molecular formula is C13H13N3O5. The summed E-state index contributed by atoms with van der Waals surface area (Å²) in [5, 5.41) is 23.7. The number of carboxylic acid groups (broad SMARTS) is 1. The molecule has 8 nitrogen and oxygen atoms in total. The third kappa shape index (κ3) is 3.35. The van der Waals surface area contributed by atoms with E-state index in [1.807, 2.05) is 0 Å². The fourth-order valence-corrected chi connectivity index (χ4v) is 1.72. The van der Waals surface area contributed by atoms with Crippen molar-refractivity contribution in [3.05, 3.63) is 46.3 Å². The Labute approximate surface area is 119 Å². The van der Waals surface area contributed by atoms with Gasteiger partial charge in [-0.2, -0.15) is 5.10 Å².